The van der Waals surface area contributed by atoms with Crippen molar-refractivity contribution in [3.63, 3.8) is 0 Å². The normalized spacial score (nSPS) is 8.71. The Hall–Kier alpha value is -0.960. The minimum absolute atomic E-state index is 0.175. The van der Waals surface area contributed by atoms with Crippen molar-refractivity contribution in [2.75, 3.05) is 5.75 Å². The van der Waals surface area contributed by atoms with Crippen LogP contribution in [0.3, 0.4) is 0 Å². The fourth-order valence-electron chi connectivity index (χ4n) is 0.830. The van der Waals surface area contributed by atoms with Gasteiger partial charge in [-0.3, -0.25) is 4.79 Å². The molecule has 0 unspecified atom stereocenters. The van der Waals surface area contributed by atoms with Crippen molar-refractivity contribution >= 4 is 17.7 Å². The average Bonchev–Trinajstić information content (AvgIpc) is 2.22. The van der Waals surface area contributed by atoms with Crippen molar-refractivity contribution < 1.29 is 9.90 Å². The third kappa shape index (κ3) is 6.54. The zero-order valence-electron chi connectivity index (χ0n) is 8.56. The van der Waals surface area contributed by atoms with Gasteiger partial charge in [-0.15, -0.1) is 11.8 Å². The smallest absolute Gasteiger partial charge is 0.313 e. The van der Waals surface area contributed by atoms with Crippen LogP contribution in [-0.4, -0.2) is 16.8 Å². The number of carboxylic acid groups (broad SMARTS) is 1. The SMILES string of the molecule is CC.O=C(O)CSCc1ccccc1. The molecule has 78 valence electrons. The maximum absolute atomic E-state index is 10.2. The van der Waals surface area contributed by atoms with Gasteiger partial charge in [0, 0.05) is 5.75 Å². The van der Waals surface area contributed by atoms with Crippen LogP contribution in [-0.2, 0) is 10.5 Å². The van der Waals surface area contributed by atoms with E-state index in [2.05, 4.69) is 0 Å². The lowest BCUT2D eigenvalue weighted by atomic mass is 10.2. The molecule has 2 nitrogen and oxygen atoms in total. The molecule has 1 aromatic rings. The Bertz CT molecular complexity index is 247. The molecule has 0 aliphatic heterocycles. The van der Waals surface area contributed by atoms with Crippen molar-refractivity contribution in [3.05, 3.63) is 35.9 Å². The molecule has 0 saturated carbocycles. The Labute approximate surface area is 89.3 Å². The summed E-state index contributed by atoms with van der Waals surface area (Å²) in [7, 11) is 0. The van der Waals surface area contributed by atoms with E-state index in [1.165, 1.54) is 17.3 Å². The molecule has 0 spiro atoms. The first kappa shape index (κ1) is 13.0. The van der Waals surface area contributed by atoms with Crippen molar-refractivity contribution in [2.45, 2.75) is 19.6 Å². The molecular formula is C11H16O2S. The lowest BCUT2D eigenvalue weighted by Crippen LogP contribution is -1.97. The molecule has 14 heavy (non-hydrogen) atoms. The quantitative estimate of drug-likeness (QED) is 0.833. The van der Waals surface area contributed by atoms with E-state index in [1.807, 2.05) is 44.2 Å². The van der Waals surface area contributed by atoms with Gasteiger partial charge >= 0.3 is 5.97 Å². The summed E-state index contributed by atoms with van der Waals surface area (Å²) >= 11 is 1.41. The molecule has 0 aliphatic rings. The van der Waals surface area contributed by atoms with Crippen LogP contribution in [0.4, 0.5) is 0 Å². The highest BCUT2D eigenvalue weighted by molar-refractivity contribution is 7.99. The second-order valence-corrected chi connectivity index (χ2v) is 3.36. The van der Waals surface area contributed by atoms with Gasteiger partial charge in [-0.1, -0.05) is 44.2 Å². The molecule has 0 radical (unpaired) electrons. The first-order valence-electron chi connectivity index (χ1n) is 4.62. The topological polar surface area (TPSA) is 37.3 Å². The van der Waals surface area contributed by atoms with Crippen molar-refractivity contribution in [2.24, 2.45) is 0 Å². The summed E-state index contributed by atoms with van der Waals surface area (Å²) in [5.74, 6) is 0.193. The number of carboxylic acids is 1. The number of rotatable bonds is 4. The maximum Gasteiger partial charge on any atom is 0.313 e. The Morgan fingerprint density at radius 2 is 1.86 bits per heavy atom. The number of benzene rings is 1. The van der Waals surface area contributed by atoms with Crippen molar-refractivity contribution in [1.82, 2.24) is 0 Å². The zero-order chi connectivity index (χ0) is 10.8. The van der Waals surface area contributed by atoms with Gasteiger partial charge in [0.15, 0.2) is 0 Å². The summed E-state index contributed by atoms with van der Waals surface area (Å²) in [6, 6.07) is 9.85. The summed E-state index contributed by atoms with van der Waals surface area (Å²) < 4.78 is 0. The van der Waals surface area contributed by atoms with Gasteiger partial charge in [-0.25, -0.2) is 0 Å². The van der Waals surface area contributed by atoms with Crippen LogP contribution in [0.25, 0.3) is 0 Å². The highest BCUT2D eigenvalue weighted by Crippen LogP contribution is 2.10. The number of thioether (sulfide) groups is 1. The second-order valence-electron chi connectivity index (χ2n) is 2.37. The van der Waals surface area contributed by atoms with E-state index in [0.29, 0.717) is 0 Å². The monoisotopic (exact) mass is 212 g/mol. The van der Waals surface area contributed by atoms with Gasteiger partial charge in [0.25, 0.3) is 0 Å². The Balaban J connectivity index is 0.000000791. The molecule has 1 rings (SSSR count). The molecular weight excluding hydrogens is 196 g/mol. The molecule has 0 heterocycles. The van der Waals surface area contributed by atoms with Gasteiger partial charge in [0.2, 0.25) is 0 Å². The fourth-order valence-corrected chi connectivity index (χ4v) is 1.54. The van der Waals surface area contributed by atoms with Gasteiger partial charge < -0.3 is 5.11 Å². The van der Waals surface area contributed by atoms with E-state index >= 15 is 0 Å². The van der Waals surface area contributed by atoms with Crippen LogP contribution >= 0.6 is 11.8 Å². The predicted octanol–water partition coefficient (Wildman–Crippen LogP) is 3.03. The van der Waals surface area contributed by atoms with E-state index < -0.39 is 5.97 Å². The first-order valence-corrected chi connectivity index (χ1v) is 5.78. The lowest BCUT2D eigenvalue weighted by Gasteiger charge is -1.97. The predicted molar refractivity (Wildman–Crippen MR) is 61.6 cm³/mol. The van der Waals surface area contributed by atoms with E-state index in [4.69, 9.17) is 5.11 Å². The minimum Gasteiger partial charge on any atom is -0.481 e. The zero-order valence-corrected chi connectivity index (χ0v) is 9.38. The minimum atomic E-state index is -0.754. The first-order chi connectivity index (χ1) is 6.79. The molecule has 0 aromatic heterocycles. The number of hydrogen-bond donors (Lipinski definition) is 1. The van der Waals surface area contributed by atoms with E-state index in [-0.39, 0.29) is 5.75 Å². The van der Waals surface area contributed by atoms with Gasteiger partial charge in [-0.05, 0) is 5.56 Å². The molecule has 0 saturated heterocycles. The Morgan fingerprint density at radius 1 is 1.29 bits per heavy atom. The van der Waals surface area contributed by atoms with E-state index in [9.17, 15) is 4.79 Å². The summed E-state index contributed by atoms with van der Waals surface area (Å²) in [5, 5.41) is 8.37. The standard InChI is InChI=1S/C9H10O2S.C2H6/c10-9(11)7-12-6-8-4-2-1-3-5-8;1-2/h1-5H,6-7H2,(H,10,11);1-2H3. The van der Waals surface area contributed by atoms with Crippen LogP contribution in [0.5, 0.6) is 0 Å². The third-order valence-electron chi connectivity index (χ3n) is 1.34. The van der Waals surface area contributed by atoms with Gasteiger partial charge in [-0.2, -0.15) is 0 Å². The molecule has 1 aromatic carbocycles. The van der Waals surface area contributed by atoms with E-state index in [0.717, 1.165) is 5.75 Å². The Morgan fingerprint density at radius 3 is 2.36 bits per heavy atom. The number of carbonyl (C=O) groups is 1. The second kappa shape index (κ2) is 8.63. The van der Waals surface area contributed by atoms with Crippen LogP contribution in [0.15, 0.2) is 30.3 Å². The Kier molecular flexibility index (Phi) is 8.04. The average molecular weight is 212 g/mol. The highest BCUT2D eigenvalue weighted by atomic mass is 32.2. The summed E-state index contributed by atoms with van der Waals surface area (Å²) in [6.07, 6.45) is 0. The molecule has 0 atom stereocenters. The molecule has 3 heteroatoms. The van der Waals surface area contributed by atoms with Crippen molar-refractivity contribution in [3.8, 4) is 0 Å². The molecule has 1 N–H and O–H groups in total. The highest BCUT2D eigenvalue weighted by Gasteiger charge is 1.96. The fraction of sp³-hybridized carbons (Fsp3) is 0.364. The molecule has 0 bridgehead atoms. The molecule has 0 amide bonds. The summed E-state index contributed by atoms with van der Waals surface area (Å²) in [4.78, 5) is 10.2. The molecule has 0 aliphatic carbocycles. The van der Waals surface area contributed by atoms with Crippen LogP contribution < -0.4 is 0 Å². The van der Waals surface area contributed by atoms with Gasteiger partial charge in [0.1, 0.15) is 0 Å². The molecule has 0 fully saturated rings. The lowest BCUT2D eigenvalue weighted by molar-refractivity contribution is -0.133. The van der Waals surface area contributed by atoms with Crippen LogP contribution in [0.2, 0.25) is 0 Å². The largest absolute Gasteiger partial charge is 0.481 e. The third-order valence-corrected chi connectivity index (χ3v) is 2.33. The maximum atomic E-state index is 10.2. The van der Waals surface area contributed by atoms with Crippen LogP contribution in [0.1, 0.15) is 19.4 Å². The summed E-state index contributed by atoms with van der Waals surface area (Å²) in [5.41, 5.74) is 1.17. The number of hydrogen-bond acceptors (Lipinski definition) is 2. The van der Waals surface area contributed by atoms with E-state index in [1.54, 1.807) is 0 Å². The number of aliphatic carboxylic acids is 1. The van der Waals surface area contributed by atoms with Gasteiger partial charge in [0.05, 0.1) is 5.75 Å². The summed E-state index contributed by atoms with van der Waals surface area (Å²) in [6.45, 7) is 4.00. The van der Waals surface area contributed by atoms with Crippen LogP contribution in [0, 0.1) is 0 Å². The van der Waals surface area contributed by atoms with Crippen molar-refractivity contribution in [1.29, 1.82) is 0 Å².